The van der Waals surface area contributed by atoms with Crippen molar-refractivity contribution in [1.29, 1.82) is 0 Å². The molecule has 0 aromatic carbocycles. The molecule has 2 rings (SSSR count). The number of aliphatic imine (C=N–C) groups is 1. The average Bonchev–Trinajstić information content (AvgIpc) is 3.08. The Balaban J connectivity index is 1.73. The monoisotopic (exact) mass is 310 g/mol. The maximum atomic E-state index is 11.8. The normalized spacial score (nSPS) is 25.8. The fourth-order valence-electron chi connectivity index (χ4n) is 3.04. The molecular formula is C16H30N4O2. The van der Waals surface area contributed by atoms with Crippen LogP contribution in [0, 0.1) is 10.8 Å². The molecule has 0 aromatic rings. The molecule has 126 valence electrons. The van der Waals surface area contributed by atoms with Gasteiger partial charge in [0.2, 0.25) is 5.91 Å². The SMILES string of the molecule is CN=C(NCCNC(=O)C(C)(C)C)N1CCC2(CCOC2)C1. The first kappa shape index (κ1) is 17.1. The molecule has 2 fully saturated rings. The first-order chi connectivity index (χ1) is 10.4. The Morgan fingerprint density at radius 1 is 1.27 bits per heavy atom. The van der Waals surface area contributed by atoms with E-state index in [9.17, 15) is 4.79 Å². The zero-order chi connectivity index (χ0) is 16.2. The Hall–Kier alpha value is -1.30. The molecule has 1 amide bonds. The Bertz CT molecular complexity index is 422. The molecule has 0 radical (unpaired) electrons. The molecule has 1 spiro atoms. The average molecular weight is 310 g/mol. The molecule has 2 N–H and O–H groups in total. The quantitative estimate of drug-likeness (QED) is 0.460. The maximum absolute atomic E-state index is 11.8. The molecule has 22 heavy (non-hydrogen) atoms. The van der Waals surface area contributed by atoms with E-state index in [1.807, 2.05) is 27.8 Å². The van der Waals surface area contributed by atoms with Gasteiger partial charge in [0.15, 0.2) is 5.96 Å². The highest BCUT2D eigenvalue weighted by atomic mass is 16.5. The Labute approximate surface area is 133 Å². The molecule has 2 aliphatic rings. The van der Waals surface area contributed by atoms with E-state index in [-0.39, 0.29) is 11.3 Å². The number of ether oxygens (including phenoxy) is 1. The van der Waals surface area contributed by atoms with Gasteiger partial charge in [0.05, 0.1) is 6.61 Å². The van der Waals surface area contributed by atoms with E-state index in [0.29, 0.717) is 18.5 Å². The van der Waals surface area contributed by atoms with Crippen LogP contribution in [-0.4, -0.2) is 63.2 Å². The van der Waals surface area contributed by atoms with Crippen LogP contribution in [0.2, 0.25) is 0 Å². The predicted octanol–water partition coefficient (Wildman–Crippen LogP) is 0.836. The van der Waals surface area contributed by atoms with Crippen LogP contribution in [-0.2, 0) is 9.53 Å². The summed E-state index contributed by atoms with van der Waals surface area (Å²) in [5.74, 6) is 1.00. The van der Waals surface area contributed by atoms with Gasteiger partial charge in [-0.2, -0.15) is 0 Å². The van der Waals surface area contributed by atoms with Gasteiger partial charge in [-0.25, -0.2) is 0 Å². The molecule has 1 unspecified atom stereocenters. The van der Waals surface area contributed by atoms with Crippen molar-refractivity contribution in [3.8, 4) is 0 Å². The third-order valence-corrected chi connectivity index (χ3v) is 4.51. The highest BCUT2D eigenvalue weighted by Crippen LogP contribution is 2.38. The van der Waals surface area contributed by atoms with Crippen molar-refractivity contribution in [3.05, 3.63) is 0 Å². The lowest BCUT2D eigenvalue weighted by Crippen LogP contribution is -2.45. The van der Waals surface area contributed by atoms with Gasteiger partial charge >= 0.3 is 0 Å². The van der Waals surface area contributed by atoms with Crippen LogP contribution in [0.4, 0.5) is 0 Å². The van der Waals surface area contributed by atoms with Gasteiger partial charge in [0.1, 0.15) is 0 Å². The summed E-state index contributed by atoms with van der Waals surface area (Å²) in [5.41, 5.74) is -0.0104. The second-order valence-electron chi connectivity index (χ2n) is 7.45. The summed E-state index contributed by atoms with van der Waals surface area (Å²) in [6.45, 7) is 10.9. The van der Waals surface area contributed by atoms with Gasteiger partial charge in [-0.15, -0.1) is 0 Å². The van der Waals surface area contributed by atoms with Gasteiger partial charge in [-0.1, -0.05) is 20.8 Å². The summed E-state index contributed by atoms with van der Waals surface area (Å²) in [7, 11) is 1.81. The number of amides is 1. The lowest BCUT2D eigenvalue weighted by atomic mass is 9.87. The van der Waals surface area contributed by atoms with E-state index < -0.39 is 0 Å². The second kappa shape index (κ2) is 6.86. The van der Waals surface area contributed by atoms with E-state index >= 15 is 0 Å². The fraction of sp³-hybridized carbons (Fsp3) is 0.875. The number of rotatable bonds is 3. The van der Waals surface area contributed by atoms with Crippen LogP contribution in [0.5, 0.6) is 0 Å². The summed E-state index contributed by atoms with van der Waals surface area (Å²) >= 11 is 0. The molecule has 0 saturated carbocycles. The van der Waals surface area contributed by atoms with Gasteiger partial charge < -0.3 is 20.3 Å². The van der Waals surface area contributed by atoms with Crippen molar-refractivity contribution >= 4 is 11.9 Å². The third kappa shape index (κ3) is 4.12. The number of guanidine groups is 1. The standard InChI is InChI=1S/C16H30N4O2/c1-15(2,3)13(21)18-7-8-19-14(17-4)20-9-5-16(11-20)6-10-22-12-16/h5-12H2,1-4H3,(H,17,19)(H,18,21). The molecule has 6 heteroatoms. The van der Waals surface area contributed by atoms with Crippen molar-refractivity contribution in [1.82, 2.24) is 15.5 Å². The zero-order valence-electron chi connectivity index (χ0n) is 14.4. The summed E-state index contributed by atoms with van der Waals surface area (Å²) in [5, 5.41) is 6.29. The first-order valence-corrected chi connectivity index (χ1v) is 8.18. The molecule has 0 aliphatic carbocycles. The minimum absolute atomic E-state index is 0.0764. The second-order valence-corrected chi connectivity index (χ2v) is 7.45. The van der Waals surface area contributed by atoms with Crippen molar-refractivity contribution in [2.75, 3.05) is 46.4 Å². The highest BCUT2D eigenvalue weighted by Gasteiger charge is 2.42. The summed E-state index contributed by atoms with van der Waals surface area (Å²) in [6.07, 6.45) is 2.33. The fourth-order valence-corrected chi connectivity index (χ4v) is 3.04. The zero-order valence-corrected chi connectivity index (χ0v) is 14.4. The van der Waals surface area contributed by atoms with E-state index in [0.717, 1.165) is 38.7 Å². The lowest BCUT2D eigenvalue weighted by molar-refractivity contribution is -0.128. The van der Waals surface area contributed by atoms with Crippen LogP contribution in [0.15, 0.2) is 4.99 Å². The van der Waals surface area contributed by atoms with Gasteiger partial charge in [0.25, 0.3) is 0 Å². The number of nitrogens with one attached hydrogen (secondary N) is 2. The van der Waals surface area contributed by atoms with E-state index in [1.54, 1.807) is 0 Å². The van der Waals surface area contributed by atoms with Crippen LogP contribution in [0.3, 0.4) is 0 Å². The molecule has 2 aliphatic heterocycles. The smallest absolute Gasteiger partial charge is 0.225 e. The Morgan fingerprint density at radius 3 is 2.59 bits per heavy atom. The maximum Gasteiger partial charge on any atom is 0.225 e. The Morgan fingerprint density at radius 2 is 2.00 bits per heavy atom. The number of carbonyl (C=O) groups is 1. The molecule has 0 aromatic heterocycles. The molecule has 2 heterocycles. The molecule has 2 saturated heterocycles. The van der Waals surface area contributed by atoms with Crippen LogP contribution in [0.25, 0.3) is 0 Å². The number of nitrogens with zero attached hydrogens (tertiary/aromatic N) is 2. The minimum atomic E-state index is -0.342. The summed E-state index contributed by atoms with van der Waals surface area (Å²) in [4.78, 5) is 18.5. The number of hydrogen-bond acceptors (Lipinski definition) is 3. The van der Waals surface area contributed by atoms with Crippen LogP contribution in [0.1, 0.15) is 33.6 Å². The van der Waals surface area contributed by atoms with Crippen molar-refractivity contribution < 1.29 is 9.53 Å². The van der Waals surface area contributed by atoms with Crippen molar-refractivity contribution in [2.24, 2.45) is 15.8 Å². The molecule has 6 nitrogen and oxygen atoms in total. The molecule has 1 atom stereocenters. The van der Waals surface area contributed by atoms with Crippen LogP contribution >= 0.6 is 0 Å². The third-order valence-electron chi connectivity index (χ3n) is 4.51. The first-order valence-electron chi connectivity index (χ1n) is 8.18. The van der Waals surface area contributed by atoms with E-state index in [2.05, 4.69) is 20.5 Å². The number of likely N-dealkylation sites (tertiary alicyclic amines) is 1. The predicted molar refractivity (Wildman–Crippen MR) is 87.9 cm³/mol. The lowest BCUT2D eigenvalue weighted by Gasteiger charge is -2.25. The van der Waals surface area contributed by atoms with Gasteiger partial charge in [-0.3, -0.25) is 9.79 Å². The van der Waals surface area contributed by atoms with Gasteiger partial charge in [0, 0.05) is 50.7 Å². The van der Waals surface area contributed by atoms with Crippen molar-refractivity contribution in [2.45, 2.75) is 33.6 Å². The highest BCUT2D eigenvalue weighted by molar-refractivity contribution is 5.82. The van der Waals surface area contributed by atoms with Crippen LogP contribution < -0.4 is 10.6 Å². The van der Waals surface area contributed by atoms with E-state index in [4.69, 9.17) is 4.74 Å². The number of carbonyl (C=O) groups excluding carboxylic acids is 1. The Kier molecular flexibility index (Phi) is 5.32. The van der Waals surface area contributed by atoms with Crippen molar-refractivity contribution in [3.63, 3.8) is 0 Å². The van der Waals surface area contributed by atoms with Gasteiger partial charge in [-0.05, 0) is 12.8 Å². The molecule has 0 bridgehead atoms. The van der Waals surface area contributed by atoms with E-state index in [1.165, 1.54) is 6.42 Å². The largest absolute Gasteiger partial charge is 0.381 e. The minimum Gasteiger partial charge on any atom is -0.381 e. The summed E-state index contributed by atoms with van der Waals surface area (Å²) < 4.78 is 5.57. The molecular weight excluding hydrogens is 280 g/mol. The summed E-state index contributed by atoms with van der Waals surface area (Å²) in [6, 6.07) is 0. The number of hydrogen-bond donors (Lipinski definition) is 2. The topological polar surface area (TPSA) is 66.0 Å².